The number of unbranched alkanes of at least 4 members (excludes halogenated alkanes) is 1. The predicted octanol–water partition coefficient (Wildman–Crippen LogP) is 2.99. The van der Waals surface area contributed by atoms with Gasteiger partial charge in [-0.1, -0.05) is 19.4 Å². The number of carbonyl (C=O) groups excluding carboxylic acids is 1. The first-order valence-corrected chi connectivity index (χ1v) is 8.47. The first-order chi connectivity index (χ1) is 11.6. The number of carbonyl (C=O) groups is 2. The van der Waals surface area contributed by atoms with Gasteiger partial charge in [-0.25, -0.2) is 4.98 Å². The molecule has 1 aliphatic rings. The minimum Gasteiger partial charge on any atom is -0.481 e. The van der Waals surface area contributed by atoms with Crippen molar-refractivity contribution in [2.24, 2.45) is 0 Å². The smallest absolute Gasteiger partial charge is 0.305 e. The predicted molar refractivity (Wildman–Crippen MR) is 94.3 cm³/mol. The number of amides is 1. The van der Waals surface area contributed by atoms with E-state index in [0.717, 1.165) is 43.6 Å². The molecule has 0 radical (unpaired) electrons. The summed E-state index contributed by atoms with van der Waals surface area (Å²) < 4.78 is 0. The molecule has 0 aromatic carbocycles. The first kappa shape index (κ1) is 18.0. The Balaban J connectivity index is 2.34. The van der Waals surface area contributed by atoms with Gasteiger partial charge >= 0.3 is 5.97 Å². The van der Waals surface area contributed by atoms with Gasteiger partial charge in [-0.05, 0) is 31.4 Å². The maximum absolute atomic E-state index is 12.7. The van der Waals surface area contributed by atoms with Crippen molar-refractivity contribution in [3.05, 3.63) is 30.5 Å². The highest BCUT2D eigenvalue weighted by Crippen LogP contribution is 2.26. The summed E-state index contributed by atoms with van der Waals surface area (Å²) in [6.45, 7) is 6.65. The molecular formula is C18H25N3O3. The summed E-state index contributed by atoms with van der Waals surface area (Å²) in [4.78, 5) is 30.0. The Bertz CT molecular complexity index is 616. The Morgan fingerprint density at radius 1 is 1.50 bits per heavy atom. The van der Waals surface area contributed by atoms with Crippen LogP contribution in [0.25, 0.3) is 0 Å². The minimum absolute atomic E-state index is 0.112. The number of hydrogen-bond acceptors (Lipinski definition) is 4. The molecule has 1 unspecified atom stereocenters. The van der Waals surface area contributed by atoms with Crippen LogP contribution in [0.15, 0.2) is 24.8 Å². The molecule has 0 saturated heterocycles. The zero-order valence-corrected chi connectivity index (χ0v) is 14.1. The molecule has 2 heterocycles. The van der Waals surface area contributed by atoms with Gasteiger partial charge in [0.15, 0.2) is 0 Å². The van der Waals surface area contributed by atoms with Crippen LogP contribution in [0.3, 0.4) is 0 Å². The lowest BCUT2D eigenvalue weighted by atomic mass is 10.1. The Morgan fingerprint density at radius 2 is 2.29 bits per heavy atom. The summed E-state index contributed by atoms with van der Waals surface area (Å²) in [5, 5.41) is 12.4. The number of carboxylic acids is 1. The molecule has 2 rings (SSSR count). The summed E-state index contributed by atoms with van der Waals surface area (Å²) >= 11 is 0. The number of fused-ring (bicyclic) bond motifs is 1. The van der Waals surface area contributed by atoms with E-state index < -0.39 is 12.0 Å². The van der Waals surface area contributed by atoms with Gasteiger partial charge in [0.25, 0.3) is 0 Å². The van der Waals surface area contributed by atoms with E-state index in [1.165, 1.54) is 11.0 Å². The van der Waals surface area contributed by atoms with Gasteiger partial charge in [0.2, 0.25) is 5.91 Å². The van der Waals surface area contributed by atoms with Crippen LogP contribution in [-0.4, -0.2) is 34.6 Å². The average molecular weight is 331 g/mol. The molecule has 1 aromatic heterocycles. The fourth-order valence-electron chi connectivity index (χ4n) is 2.84. The fraction of sp³-hybridized carbons (Fsp3) is 0.500. The van der Waals surface area contributed by atoms with Gasteiger partial charge in [-0.2, -0.15) is 0 Å². The van der Waals surface area contributed by atoms with Crippen LogP contribution in [-0.2, 0) is 16.0 Å². The average Bonchev–Trinajstić information content (AvgIpc) is 2.58. The number of aromatic nitrogens is 1. The van der Waals surface area contributed by atoms with E-state index in [1.54, 1.807) is 6.07 Å². The highest BCUT2D eigenvalue weighted by atomic mass is 16.4. The molecular weight excluding hydrogens is 306 g/mol. The van der Waals surface area contributed by atoms with E-state index in [2.05, 4.69) is 16.9 Å². The molecule has 130 valence electrons. The monoisotopic (exact) mass is 331 g/mol. The molecule has 0 spiro atoms. The lowest BCUT2D eigenvalue weighted by Gasteiger charge is -2.29. The molecule has 1 aliphatic heterocycles. The maximum Gasteiger partial charge on any atom is 0.305 e. The van der Waals surface area contributed by atoms with Crippen molar-refractivity contribution in [1.82, 2.24) is 4.98 Å². The van der Waals surface area contributed by atoms with Gasteiger partial charge < -0.3 is 10.4 Å². The summed E-state index contributed by atoms with van der Waals surface area (Å²) in [5.74, 6) is -0.572. The normalized spacial score (nSPS) is 14.2. The van der Waals surface area contributed by atoms with E-state index in [0.29, 0.717) is 12.2 Å². The third kappa shape index (κ3) is 4.34. The number of carboxylic acid groups (broad SMARTS) is 1. The van der Waals surface area contributed by atoms with Crippen molar-refractivity contribution in [3.63, 3.8) is 0 Å². The van der Waals surface area contributed by atoms with Gasteiger partial charge in [0, 0.05) is 13.0 Å². The molecule has 6 nitrogen and oxygen atoms in total. The number of hydrogen-bond donors (Lipinski definition) is 2. The minimum atomic E-state index is -0.965. The molecule has 0 saturated carbocycles. The van der Waals surface area contributed by atoms with Gasteiger partial charge in [0.1, 0.15) is 5.82 Å². The second kappa shape index (κ2) is 8.47. The van der Waals surface area contributed by atoms with E-state index in [9.17, 15) is 9.59 Å². The van der Waals surface area contributed by atoms with E-state index >= 15 is 0 Å². The van der Waals surface area contributed by atoms with Crippen molar-refractivity contribution in [2.45, 2.75) is 51.5 Å². The zero-order chi connectivity index (χ0) is 17.5. The lowest BCUT2D eigenvalue weighted by molar-refractivity contribution is -0.137. The second-order valence-corrected chi connectivity index (χ2v) is 5.96. The van der Waals surface area contributed by atoms with Gasteiger partial charge in [0.05, 0.1) is 23.8 Å². The van der Waals surface area contributed by atoms with E-state index in [1.807, 2.05) is 13.0 Å². The fourth-order valence-corrected chi connectivity index (χ4v) is 2.84. The first-order valence-electron chi connectivity index (χ1n) is 8.47. The van der Waals surface area contributed by atoms with Crippen LogP contribution in [0.1, 0.15) is 44.7 Å². The van der Waals surface area contributed by atoms with Crippen molar-refractivity contribution >= 4 is 23.4 Å². The van der Waals surface area contributed by atoms with Crippen LogP contribution in [0.4, 0.5) is 11.5 Å². The van der Waals surface area contributed by atoms with E-state index in [-0.39, 0.29) is 12.3 Å². The Hall–Kier alpha value is -2.37. The molecule has 1 atom stereocenters. The Labute approximate surface area is 142 Å². The molecule has 1 aromatic rings. The molecule has 0 fully saturated rings. The molecule has 1 amide bonds. The lowest BCUT2D eigenvalue weighted by Crippen LogP contribution is -2.41. The molecule has 6 heteroatoms. The van der Waals surface area contributed by atoms with Crippen molar-refractivity contribution in [2.75, 3.05) is 16.8 Å². The van der Waals surface area contributed by atoms with Crippen LogP contribution in [0.5, 0.6) is 0 Å². The number of aliphatic carboxylic acids is 1. The Kier molecular flexibility index (Phi) is 6.35. The van der Waals surface area contributed by atoms with Crippen molar-refractivity contribution < 1.29 is 14.7 Å². The Morgan fingerprint density at radius 3 is 2.96 bits per heavy atom. The number of rotatable bonds is 8. The standard InChI is InChI=1S/C18H25N3O3/c1-3-5-8-17(22)21(13(4-2)12-18(23)24)16-10-9-14-15(20-16)7-6-11-19-14/h4,9-10,13,19H,2-3,5-8,11-12H2,1H3,(H,23,24). The topological polar surface area (TPSA) is 82.5 Å². The summed E-state index contributed by atoms with van der Waals surface area (Å²) in [6, 6.07) is 3.09. The van der Waals surface area contributed by atoms with Crippen molar-refractivity contribution in [1.29, 1.82) is 0 Å². The highest BCUT2D eigenvalue weighted by molar-refractivity contribution is 5.94. The summed E-state index contributed by atoms with van der Waals surface area (Å²) in [7, 11) is 0. The van der Waals surface area contributed by atoms with Crippen molar-refractivity contribution in [3.8, 4) is 0 Å². The largest absolute Gasteiger partial charge is 0.481 e. The van der Waals surface area contributed by atoms with Crippen LogP contribution in [0.2, 0.25) is 0 Å². The van der Waals surface area contributed by atoms with E-state index in [4.69, 9.17) is 5.11 Å². The molecule has 0 aliphatic carbocycles. The third-order valence-electron chi connectivity index (χ3n) is 4.11. The summed E-state index contributed by atoms with van der Waals surface area (Å²) in [6.07, 6.45) is 5.21. The second-order valence-electron chi connectivity index (χ2n) is 5.96. The number of nitrogens with zero attached hydrogens (tertiary/aromatic N) is 2. The van der Waals surface area contributed by atoms with Crippen LogP contribution >= 0.6 is 0 Å². The zero-order valence-electron chi connectivity index (χ0n) is 14.1. The molecule has 24 heavy (non-hydrogen) atoms. The number of anilines is 2. The van der Waals surface area contributed by atoms with Gasteiger partial charge in [-0.3, -0.25) is 14.5 Å². The quantitative estimate of drug-likeness (QED) is 0.716. The SMILES string of the molecule is C=CC(CC(=O)O)N(C(=O)CCCC)c1ccc2c(n1)CCCN2. The van der Waals surface area contributed by atoms with Gasteiger partial charge in [-0.15, -0.1) is 6.58 Å². The maximum atomic E-state index is 12.7. The number of nitrogens with one attached hydrogen (secondary N) is 1. The number of aryl methyl sites for hydroxylation is 1. The van der Waals surface area contributed by atoms with Crippen LogP contribution < -0.4 is 10.2 Å². The molecule has 0 bridgehead atoms. The highest BCUT2D eigenvalue weighted by Gasteiger charge is 2.26. The third-order valence-corrected chi connectivity index (χ3v) is 4.11. The van der Waals surface area contributed by atoms with Crippen LogP contribution in [0, 0.1) is 0 Å². The molecule has 2 N–H and O–H groups in total. The summed E-state index contributed by atoms with van der Waals surface area (Å²) in [5.41, 5.74) is 1.91. The number of pyridine rings is 1.